The minimum Gasteiger partial charge on any atom is -0.465 e. The SMILES string of the molecule is COC(=O)c1ccc2nccc(Nc3cccc(C(=O)Cc4cccc(Cc5ccccc5)c4)c3)c2c1. The number of hydrogen-bond donors (Lipinski definition) is 1. The fraction of sp³-hybridized carbons (Fsp3) is 0.0938. The van der Waals surface area contributed by atoms with Crippen molar-refractivity contribution in [2.24, 2.45) is 0 Å². The zero-order valence-corrected chi connectivity index (χ0v) is 20.5. The molecule has 4 aromatic carbocycles. The minimum absolute atomic E-state index is 0.0491. The van der Waals surface area contributed by atoms with Crippen molar-refractivity contribution in [2.75, 3.05) is 12.4 Å². The van der Waals surface area contributed by atoms with Gasteiger partial charge in [0.15, 0.2) is 5.78 Å². The third-order valence-electron chi connectivity index (χ3n) is 6.23. The van der Waals surface area contributed by atoms with Gasteiger partial charge in [-0.1, -0.05) is 66.7 Å². The maximum atomic E-state index is 13.2. The van der Waals surface area contributed by atoms with Gasteiger partial charge in [-0.3, -0.25) is 9.78 Å². The zero-order valence-electron chi connectivity index (χ0n) is 20.5. The normalized spacial score (nSPS) is 10.7. The molecule has 0 fully saturated rings. The summed E-state index contributed by atoms with van der Waals surface area (Å²) >= 11 is 0. The molecule has 0 amide bonds. The highest BCUT2D eigenvalue weighted by Gasteiger charge is 2.12. The third kappa shape index (κ3) is 5.73. The maximum Gasteiger partial charge on any atom is 0.337 e. The smallest absolute Gasteiger partial charge is 0.337 e. The van der Waals surface area contributed by atoms with E-state index in [0.717, 1.165) is 34.3 Å². The Hall–Kier alpha value is -4.77. The van der Waals surface area contributed by atoms with E-state index in [1.807, 2.05) is 60.7 Å². The number of aromatic nitrogens is 1. The fourth-order valence-electron chi connectivity index (χ4n) is 4.39. The fourth-order valence-corrected chi connectivity index (χ4v) is 4.39. The van der Waals surface area contributed by atoms with Gasteiger partial charge in [0.05, 0.1) is 18.2 Å². The number of anilines is 2. The average Bonchev–Trinajstić information content (AvgIpc) is 2.93. The van der Waals surface area contributed by atoms with Gasteiger partial charge in [-0.2, -0.15) is 0 Å². The molecule has 5 nitrogen and oxygen atoms in total. The molecule has 0 saturated heterocycles. The van der Waals surface area contributed by atoms with Crippen molar-refractivity contribution in [1.29, 1.82) is 0 Å². The molecule has 0 spiro atoms. The second kappa shape index (κ2) is 10.9. The Morgan fingerprint density at radius 2 is 1.54 bits per heavy atom. The maximum absolute atomic E-state index is 13.2. The van der Waals surface area contributed by atoms with Crippen LogP contribution in [0.1, 0.15) is 37.4 Å². The second-order valence-corrected chi connectivity index (χ2v) is 8.87. The second-order valence-electron chi connectivity index (χ2n) is 8.87. The summed E-state index contributed by atoms with van der Waals surface area (Å²) in [7, 11) is 1.36. The molecular formula is C32H26N2O3. The molecule has 182 valence electrons. The predicted molar refractivity (Wildman–Crippen MR) is 147 cm³/mol. The van der Waals surface area contributed by atoms with Crippen molar-refractivity contribution in [3.63, 3.8) is 0 Å². The Balaban J connectivity index is 1.34. The lowest BCUT2D eigenvalue weighted by Crippen LogP contribution is -2.05. The molecule has 0 aliphatic rings. The molecule has 0 aliphatic carbocycles. The minimum atomic E-state index is -0.405. The lowest BCUT2D eigenvalue weighted by molar-refractivity contribution is 0.0600. The number of methoxy groups -OCH3 is 1. The summed E-state index contributed by atoms with van der Waals surface area (Å²) < 4.78 is 4.85. The number of benzene rings is 4. The van der Waals surface area contributed by atoms with Gasteiger partial charge in [0.1, 0.15) is 0 Å². The number of hydrogen-bond acceptors (Lipinski definition) is 5. The van der Waals surface area contributed by atoms with Gasteiger partial charge in [-0.05, 0) is 59.5 Å². The van der Waals surface area contributed by atoms with Crippen LogP contribution in [0.2, 0.25) is 0 Å². The number of esters is 1. The van der Waals surface area contributed by atoms with Gasteiger partial charge in [0.25, 0.3) is 0 Å². The van der Waals surface area contributed by atoms with E-state index in [2.05, 4.69) is 34.6 Å². The number of carbonyl (C=O) groups excluding carboxylic acids is 2. The van der Waals surface area contributed by atoms with E-state index in [4.69, 9.17) is 4.74 Å². The summed E-state index contributed by atoms with van der Waals surface area (Å²) in [5.74, 6) is -0.356. The first-order valence-electron chi connectivity index (χ1n) is 12.1. The van der Waals surface area contributed by atoms with Crippen LogP contribution in [0.5, 0.6) is 0 Å². The van der Waals surface area contributed by atoms with Crippen LogP contribution in [0, 0.1) is 0 Å². The molecule has 1 heterocycles. The van der Waals surface area contributed by atoms with Crippen LogP contribution in [-0.4, -0.2) is 23.8 Å². The lowest BCUT2D eigenvalue weighted by Gasteiger charge is -2.12. The van der Waals surface area contributed by atoms with E-state index < -0.39 is 5.97 Å². The van der Waals surface area contributed by atoms with Gasteiger partial charge in [0.2, 0.25) is 0 Å². The Labute approximate surface area is 215 Å². The first-order chi connectivity index (χ1) is 18.1. The standard InChI is InChI=1S/C32H26N2O3/c1-37-32(36)26-13-14-29-28(21-26)30(15-16-33-29)34-27-12-6-11-25(20-27)31(35)19-24-10-5-9-23(18-24)17-22-7-3-2-4-8-22/h2-16,18,20-21H,17,19H2,1H3,(H,33,34). The van der Waals surface area contributed by atoms with Gasteiger partial charge in [-0.25, -0.2) is 4.79 Å². The lowest BCUT2D eigenvalue weighted by atomic mass is 9.98. The van der Waals surface area contributed by atoms with Gasteiger partial charge in [-0.15, -0.1) is 0 Å². The molecule has 5 rings (SSSR count). The van der Waals surface area contributed by atoms with Gasteiger partial charge >= 0.3 is 5.97 Å². The van der Waals surface area contributed by atoms with Gasteiger partial charge in [0, 0.05) is 34.9 Å². The van der Waals surface area contributed by atoms with Crippen molar-refractivity contribution in [1.82, 2.24) is 4.98 Å². The summed E-state index contributed by atoms with van der Waals surface area (Å²) in [6.07, 6.45) is 2.87. The Kier molecular flexibility index (Phi) is 7.04. The number of rotatable bonds is 8. The predicted octanol–water partition coefficient (Wildman–Crippen LogP) is 6.78. The first-order valence-corrected chi connectivity index (χ1v) is 12.1. The van der Waals surface area contributed by atoms with Gasteiger partial charge < -0.3 is 10.1 Å². The summed E-state index contributed by atoms with van der Waals surface area (Å²) in [5.41, 5.74) is 6.81. The average molecular weight is 487 g/mol. The number of ketones is 1. The van der Waals surface area contributed by atoms with E-state index in [0.29, 0.717) is 17.5 Å². The van der Waals surface area contributed by atoms with Crippen LogP contribution >= 0.6 is 0 Å². The van der Waals surface area contributed by atoms with Crippen LogP contribution in [0.15, 0.2) is 109 Å². The monoisotopic (exact) mass is 486 g/mol. The highest BCUT2D eigenvalue weighted by molar-refractivity contribution is 6.01. The van der Waals surface area contributed by atoms with E-state index in [9.17, 15) is 9.59 Å². The molecule has 37 heavy (non-hydrogen) atoms. The number of nitrogens with zero attached hydrogens (tertiary/aromatic N) is 1. The van der Waals surface area contributed by atoms with Crippen LogP contribution in [0.25, 0.3) is 10.9 Å². The molecule has 0 unspecified atom stereocenters. The van der Waals surface area contributed by atoms with Crippen LogP contribution in [0.4, 0.5) is 11.4 Å². The summed E-state index contributed by atoms with van der Waals surface area (Å²) in [6, 6.07) is 33.1. The number of fused-ring (bicyclic) bond motifs is 1. The summed E-state index contributed by atoms with van der Waals surface area (Å²) in [6.45, 7) is 0. The van der Waals surface area contributed by atoms with Crippen LogP contribution in [-0.2, 0) is 17.6 Å². The number of pyridine rings is 1. The molecule has 5 aromatic rings. The Bertz CT molecular complexity index is 1580. The van der Waals surface area contributed by atoms with Crippen molar-refractivity contribution < 1.29 is 14.3 Å². The van der Waals surface area contributed by atoms with Crippen molar-refractivity contribution >= 4 is 34.0 Å². The first kappa shape index (κ1) is 23.9. The Morgan fingerprint density at radius 1 is 0.757 bits per heavy atom. The molecule has 1 N–H and O–H groups in total. The highest BCUT2D eigenvalue weighted by Crippen LogP contribution is 2.27. The van der Waals surface area contributed by atoms with Crippen molar-refractivity contribution in [2.45, 2.75) is 12.8 Å². The highest BCUT2D eigenvalue weighted by atomic mass is 16.5. The molecular weight excluding hydrogens is 460 g/mol. The number of carbonyl (C=O) groups is 2. The third-order valence-corrected chi connectivity index (χ3v) is 6.23. The van der Waals surface area contributed by atoms with Crippen LogP contribution in [0.3, 0.4) is 0 Å². The summed E-state index contributed by atoms with van der Waals surface area (Å²) in [4.78, 5) is 29.6. The van der Waals surface area contributed by atoms with E-state index in [1.54, 1.807) is 24.4 Å². The van der Waals surface area contributed by atoms with Crippen molar-refractivity contribution in [3.05, 3.63) is 137 Å². The molecule has 0 saturated carbocycles. The molecule has 0 aliphatic heterocycles. The van der Waals surface area contributed by atoms with E-state index in [-0.39, 0.29) is 5.78 Å². The Morgan fingerprint density at radius 3 is 2.38 bits per heavy atom. The molecule has 5 heteroatoms. The molecule has 0 radical (unpaired) electrons. The van der Waals surface area contributed by atoms with E-state index >= 15 is 0 Å². The van der Waals surface area contributed by atoms with E-state index in [1.165, 1.54) is 18.2 Å². The number of ether oxygens (including phenoxy) is 1. The van der Waals surface area contributed by atoms with Crippen molar-refractivity contribution in [3.8, 4) is 0 Å². The topological polar surface area (TPSA) is 68.3 Å². The summed E-state index contributed by atoms with van der Waals surface area (Å²) in [5, 5.41) is 4.17. The largest absolute Gasteiger partial charge is 0.465 e. The number of nitrogens with one attached hydrogen (secondary N) is 1. The number of Topliss-reactive ketones (excluding diaryl/α,β-unsaturated/α-hetero) is 1. The zero-order chi connectivity index (χ0) is 25.6. The van der Waals surface area contributed by atoms with Crippen LogP contribution < -0.4 is 5.32 Å². The molecule has 1 aromatic heterocycles. The quantitative estimate of drug-likeness (QED) is 0.193. The molecule has 0 bridgehead atoms. The molecule has 0 atom stereocenters.